The Morgan fingerprint density at radius 2 is 1.64 bits per heavy atom. The van der Waals surface area contributed by atoms with Gasteiger partial charge in [0.25, 0.3) is 5.91 Å². The van der Waals surface area contributed by atoms with Gasteiger partial charge in [0.05, 0.1) is 11.1 Å². The second-order valence-electron chi connectivity index (χ2n) is 11.3. The monoisotopic (exact) mass is 605 g/mol. The zero-order valence-electron chi connectivity index (χ0n) is 24.3. The largest absolute Gasteiger partial charge is 0.416 e. The van der Waals surface area contributed by atoms with Gasteiger partial charge in [-0.15, -0.1) is 0 Å². The molecule has 12 heteroatoms. The Kier molecular flexibility index (Phi) is 8.28. The van der Waals surface area contributed by atoms with E-state index in [0.29, 0.717) is 24.6 Å². The fourth-order valence-electron chi connectivity index (χ4n) is 5.43. The summed E-state index contributed by atoms with van der Waals surface area (Å²) < 4.78 is 42.1. The number of rotatable bonds is 9. The van der Waals surface area contributed by atoms with Crippen molar-refractivity contribution < 1.29 is 22.8 Å². The molecule has 3 aromatic carbocycles. The molecular weight excluding hydrogens is 571 g/mol. The van der Waals surface area contributed by atoms with Gasteiger partial charge in [-0.3, -0.25) is 19.6 Å². The highest BCUT2D eigenvalue weighted by atomic mass is 19.4. The van der Waals surface area contributed by atoms with E-state index in [1.165, 1.54) is 12.1 Å². The molecule has 0 atom stereocenters. The van der Waals surface area contributed by atoms with Crippen molar-refractivity contribution in [2.75, 3.05) is 48.7 Å². The number of H-pyrrole nitrogens is 1. The van der Waals surface area contributed by atoms with Crippen LogP contribution < -0.4 is 16.0 Å². The average molecular weight is 606 g/mol. The molecule has 2 heterocycles. The third kappa shape index (κ3) is 6.87. The van der Waals surface area contributed by atoms with Gasteiger partial charge in [-0.25, -0.2) is 0 Å². The predicted molar refractivity (Wildman–Crippen MR) is 164 cm³/mol. The lowest BCUT2D eigenvalue weighted by Gasteiger charge is -2.34. The second kappa shape index (κ2) is 12.3. The Morgan fingerprint density at radius 3 is 2.36 bits per heavy atom. The number of carbonyl (C=O) groups is 2. The summed E-state index contributed by atoms with van der Waals surface area (Å²) in [6.45, 7) is 6.30. The molecule has 4 aromatic rings. The zero-order chi connectivity index (χ0) is 30.8. The number of aromatic amines is 1. The van der Waals surface area contributed by atoms with Crippen LogP contribution in [0, 0.1) is 5.92 Å². The van der Waals surface area contributed by atoms with Gasteiger partial charge in [-0.05, 0) is 73.5 Å². The standard InChI is InChI=1S/C32H34F3N7O2/c1-2-41-12-14-42(15-13-41)19-22-8-9-24(17-27(22)32(33,34)35)37-31(44)21-4-3-5-23(16-21)36-25-10-11-26-28(18-25)39-40-29(26)38-30(43)20-6-7-20/h3-5,8-11,16-18,20,36H,2,6-7,12-15,19H2,1H3,(H,37,44)(H2,38,39,40,43). The van der Waals surface area contributed by atoms with Crippen molar-refractivity contribution in [1.82, 2.24) is 20.0 Å². The van der Waals surface area contributed by atoms with Crippen molar-refractivity contribution in [3.63, 3.8) is 0 Å². The average Bonchev–Trinajstić information content (AvgIpc) is 3.80. The van der Waals surface area contributed by atoms with Crippen LogP contribution in [0.2, 0.25) is 0 Å². The van der Waals surface area contributed by atoms with Gasteiger partial charge in [0.15, 0.2) is 5.82 Å². The second-order valence-corrected chi connectivity index (χ2v) is 11.3. The highest BCUT2D eigenvalue weighted by molar-refractivity contribution is 6.05. The van der Waals surface area contributed by atoms with Crippen molar-refractivity contribution >= 4 is 45.6 Å². The maximum atomic E-state index is 14.0. The topological polar surface area (TPSA) is 105 Å². The summed E-state index contributed by atoms with van der Waals surface area (Å²) in [5.74, 6) is 0.00131. The van der Waals surface area contributed by atoms with Crippen molar-refractivity contribution in [3.8, 4) is 0 Å². The maximum absolute atomic E-state index is 14.0. The summed E-state index contributed by atoms with van der Waals surface area (Å²) in [6, 6.07) is 16.2. The number of benzene rings is 3. The first kappa shape index (κ1) is 29.6. The summed E-state index contributed by atoms with van der Waals surface area (Å²) in [6.07, 6.45) is -2.75. The number of aromatic nitrogens is 2. The lowest BCUT2D eigenvalue weighted by Crippen LogP contribution is -2.45. The molecule has 0 bridgehead atoms. The van der Waals surface area contributed by atoms with Gasteiger partial charge in [0.2, 0.25) is 5.91 Å². The summed E-state index contributed by atoms with van der Waals surface area (Å²) in [5, 5.41) is 16.7. The molecule has 0 radical (unpaired) electrons. The van der Waals surface area contributed by atoms with Gasteiger partial charge in [-0.2, -0.15) is 18.3 Å². The van der Waals surface area contributed by atoms with Crippen molar-refractivity contribution in [3.05, 3.63) is 77.4 Å². The van der Waals surface area contributed by atoms with Crippen LogP contribution in [-0.4, -0.2) is 64.5 Å². The Labute approximate surface area is 252 Å². The number of carbonyl (C=O) groups excluding carboxylic acids is 2. The van der Waals surface area contributed by atoms with Crippen molar-refractivity contribution in [2.24, 2.45) is 5.92 Å². The smallest absolute Gasteiger partial charge is 0.355 e. The number of halogens is 3. The quantitative estimate of drug-likeness (QED) is 0.185. The number of amides is 2. The molecule has 2 amide bonds. The lowest BCUT2D eigenvalue weighted by molar-refractivity contribution is -0.138. The molecule has 0 spiro atoms. The minimum absolute atomic E-state index is 0.0256. The van der Waals surface area contributed by atoms with E-state index in [1.54, 1.807) is 24.3 Å². The number of hydrogen-bond acceptors (Lipinski definition) is 6. The van der Waals surface area contributed by atoms with Crippen LogP contribution >= 0.6 is 0 Å². The van der Waals surface area contributed by atoms with Crippen LogP contribution in [0.15, 0.2) is 60.7 Å². The maximum Gasteiger partial charge on any atom is 0.416 e. The number of piperazine rings is 1. The number of hydrogen-bond donors (Lipinski definition) is 4. The predicted octanol–water partition coefficient (Wildman–Crippen LogP) is 6.06. The number of alkyl halides is 3. The Hall–Kier alpha value is -4.42. The molecule has 4 N–H and O–H groups in total. The molecule has 1 saturated carbocycles. The minimum Gasteiger partial charge on any atom is -0.355 e. The summed E-state index contributed by atoms with van der Waals surface area (Å²) in [7, 11) is 0. The molecule has 6 rings (SSSR count). The van der Waals surface area contributed by atoms with Crippen LogP contribution in [0.4, 0.5) is 36.1 Å². The summed E-state index contributed by atoms with van der Waals surface area (Å²) in [5.41, 5.74) is 1.88. The van der Waals surface area contributed by atoms with E-state index >= 15 is 0 Å². The number of nitrogens with zero attached hydrogens (tertiary/aromatic N) is 3. The van der Waals surface area contributed by atoms with Gasteiger partial charge >= 0.3 is 6.18 Å². The lowest BCUT2D eigenvalue weighted by atomic mass is 10.0. The van der Waals surface area contributed by atoms with E-state index in [9.17, 15) is 22.8 Å². The fraction of sp³-hybridized carbons (Fsp3) is 0.344. The normalized spacial score (nSPS) is 16.2. The molecule has 44 heavy (non-hydrogen) atoms. The van der Waals surface area contributed by atoms with E-state index < -0.39 is 17.6 Å². The third-order valence-electron chi connectivity index (χ3n) is 8.15. The summed E-state index contributed by atoms with van der Waals surface area (Å²) >= 11 is 0. The molecule has 0 unspecified atom stereocenters. The van der Waals surface area contributed by atoms with E-state index in [4.69, 9.17) is 0 Å². The van der Waals surface area contributed by atoms with Crippen LogP contribution in [-0.2, 0) is 17.5 Å². The molecule has 2 fully saturated rings. The van der Waals surface area contributed by atoms with Gasteiger partial charge in [0, 0.05) is 66.7 Å². The molecule has 1 aliphatic heterocycles. The van der Waals surface area contributed by atoms with E-state index in [-0.39, 0.29) is 35.2 Å². The first-order valence-electron chi connectivity index (χ1n) is 14.8. The fourth-order valence-corrected chi connectivity index (χ4v) is 5.43. The van der Waals surface area contributed by atoms with E-state index in [2.05, 4.69) is 38.0 Å². The highest BCUT2D eigenvalue weighted by Gasteiger charge is 2.34. The van der Waals surface area contributed by atoms with Crippen LogP contribution in [0.25, 0.3) is 10.9 Å². The Bertz CT molecular complexity index is 1670. The molecule has 1 saturated heterocycles. The zero-order valence-corrected chi connectivity index (χ0v) is 24.3. The van der Waals surface area contributed by atoms with Gasteiger partial charge < -0.3 is 20.9 Å². The minimum atomic E-state index is -4.55. The number of anilines is 4. The van der Waals surface area contributed by atoms with Crippen LogP contribution in [0.1, 0.15) is 41.3 Å². The SMILES string of the molecule is CCN1CCN(Cc2ccc(NC(=O)c3cccc(Nc4ccc5c(NC(=O)C6CC6)n[nH]c5c4)c3)cc2C(F)(F)F)CC1. The molecule has 1 aliphatic carbocycles. The molecule has 230 valence electrons. The Morgan fingerprint density at radius 1 is 0.909 bits per heavy atom. The van der Waals surface area contributed by atoms with Crippen LogP contribution in [0.5, 0.6) is 0 Å². The summed E-state index contributed by atoms with van der Waals surface area (Å²) in [4.78, 5) is 29.5. The molecule has 9 nitrogen and oxygen atoms in total. The molecule has 1 aromatic heterocycles. The third-order valence-corrected chi connectivity index (χ3v) is 8.15. The number of fused-ring (bicyclic) bond motifs is 1. The van der Waals surface area contributed by atoms with Crippen molar-refractivity contribution in [1.29, 1.82) is 0 Å². The highest BCUT2D eigenvalue weighted by Crippen LogP contribution is 2.35. The molecule has 2 aliphatic rings. The number of likely N-dealkylation sites (N-methyl/N-ethyl adjacent to an activating group) is 1. The van der Waals surface area contributed by atoms with E-state index in [1.807, 2.05) is 23.1 Å². The first-order valence-corrected chi connectivity index (χ1v) is 14.8. The molecular formula is C32H34F3N7O2. The Balaban J connectivity index is 1.12. The van der Waals surface area contributed by atoms with Gasteiger partial charge in [-0.1, -0.05) is 19.1 Å². The first-order chi connectivity index (χ1) is 21.2. The van der Waals surface area contributed by atoms with E-state index in [0.717, 1.165) is 55.1 Å². The van der Waals surface area contributed by atoms with Gasteiger partial charge in [0.1, 0.15) is 0 Å². The van der Waals surface area contributed by atoms with Crippen LogP contribution in [0.3, 0.4) is 0 Å². The van der Waals surface area contributed by atoms with Crippen molar-refractivity contribution in [2.45, 2.75) is 32.5 Å². The number of nitrogens with one attached hydrogen (secondary N) is 4.